The van der Waals surface area contributed by atoms with E-state index >= 15 is 0 Å². The van der Waals surface area contributed by atoms with Crippen molar-refractivity contribution in [1.82, 2.24) is 4.98 Å². The van der Waals surface area contributed by atoms with Gasteiger partial charge in [-0.2, -0.15) is 0 Å². The van der Waals surface area contributed by atoms with Gasteiger partial charge in [0.05, 0.1) is 7.11 Å². The first kappa shape index (κ1) is 12.2. The molecule has 1 heterocycles. The number of ether oxygens (including phenoxy) is 1. The number of aromatic nitrogens is 1. The SMILES string of the molecule is COc1ccc2ccnc(N(C)CC(=O)O)c2c1. The van der Waals surface area contributed by atoms with E-state index in [0.717, 1.165) is 16.5 Å². The summed E-state index contributed by atoms with van der Waals surface area (Å²) in [5, 5.41) is 10.7. The van der Waals surface area contributed by atoms with E-state index in [1.165, 1.54) is 0 Å². The standard InChI is InChI=1S/C13H14N2O3/c1-15(8-12(16)17)13-11-7-10(18-2)4-3-9(11)5-6-14-13/h3-7H,8H2,1-2H3,(H,16,17). The average Bonchev–Trinajstić information content (AvgIpc) is 2.36. The van der Waals surface area contributed by atoms with Gasteiger partial charge in [-0.05, 0) is 23.6 Å². The molecule has 2 rings (SSSR count). The first-order valence-corrected chi connectivity index (χ1v) is 5.47. The van der Waals surface area contributed by atoms with Crippen LogP contribution in [0.3, 0.4) is 0 Å². The highest BCUT2D eigenvalue weighted by molar-refractivity contribution is 5.94. The van der Waals surface area contributed by atoms with Gasteiger partial charge in [0.25, 0.3) is 0 Å². The van der Waals surface area contributed by atoms with E-state index in [1.807, 2.05) is 24.3 Å². The summed E-state index contributed by atoms with van der Waals surface area (Å²) in [6.45, 7) is -0.0939. The summed E-state index contributed by atoms with van der Waals surface area (Å²) in [6, 6.07) is 7.53. The number of carboxylic acid groups (broad SMARTS) is 1. The number of pyridine rings is 1. The molecule has 1 aromatic carbocycles. The van der Waals surface area contributed by atoms with Gasteiger partial charge in [-0.25, -0.2) is 4.98 Å². The number of benzene rings is 1. The molecule has 0 bridgehead atoms. The van der Waals surface area contributed by atoms with Crippen LogP contribution in [0.25, 0.3) is 10.8 Å². The van der Waals surface area contributed by atoms with Gasteiger partial charge in [0.2, 0.25) is 0 Å². The number of nitrogens with zero attached hydrogens (tertiary/aromatic N) is 2. The molecule has 0 aliphatic heterocycles. The molecular weight excluding hydrogens is 232 g/mol. The summed E-state index contributed by atoms with van der Waals surface area (Å²) in [4.78, 5) is 16.6. The molecule has 1 N–H and O–H groups in total. The number of rotatable bonds is 4. The minimum absolute atomic E-state index is 0.0939. The zero-order valence-corrected chi connectivity index (χ0v) is 10.3. The largest absolute Gasteiger partial charge is 0.497 e. The van der Waals surface area contributed by atoms with Crippen LogP contribution in [0.2, 0.25) is 0 Å². The molecule has 5 nitrogen and oxygen atoms in total. The van der Waals surface area contributed by atoms with Crippen molar-refractivity contribution in [3.63, 3.8) is 0 Å². The van der Waals surface area contributed by atoms with Crippen molar-refractivity contribution in [2.24, 2.45) is 0 Å². The van der Waals surface area contributed by atoms with Crippen LogP contribution in [0.5, 0.6) is 5.75 Å². The Morgan fingerprint density at radius 1 is 1.44 bits per heavy atom. The molecule has 0 aliphatic carbocycles. The third-order valence-electron chi connectivity index (χ3n) is 2.69. The van der Waals surface area contributed by atoms with Gasteiger partial charge in [-0.15, -0.1) is 0 Å². The normalized spacial score (nSPS) is 10.3. The Hall–Kier alpha value is -2.30. The molecule has 94 valence electrons. The highest BCUT2D eigenvalue weighted by Crippen LogP contribution is 2.27. The van der Waals surface area contributed by atoms with E-state index < -0.39 is 5.97 Å². The summed E-state index contributed by atoms with van der Waals surface area (Å²) in [6.07, 6.45) is 1.67. The molecule has 0 saturated heterocycles. The molecule has 0 atom stereocenters. The maximum atomic E-state index is 10.7. The van der Waals surface area contributed by atoms with Gasteiger partial charge in [-0.3, -0.25) is 4.79 Å². The van der Waals surface area contributed by atoms with Gasteiger partial charge in [0, 0.05) is 18.6 Å². The molecule has 1 aromatic heterocycles. The molecule has 0 aliphatic rings. The highest BCUT2D eigenvalue weighted by Gasteiger charge is 2.11. The average molecular weight is 246 g/mol. The van der Waals surface area contributed by atoms with Crippen LogP contribution in [0.4, 0.5) is 5.82 Å². The molecule has 2 aromatic rings. The van der Waals surface area contributed by atoms with Crippen molar-refractivity contribution < 1.29 is 14.6 Å². The molecule has 0 saturated carbocycles. The third kappa shape index (κ3) is 2.34. The summed E-state index contributed by atoms with van der Waals surface area (Å²) >= 11 is 0. The lowest BCUT2D eigenvalue weighted by Crippen LogP contribution is -2.26. The molecule has 0 spiro atoms. The molecule has 18 heavy (non-hydrogen) atoms. The van der Waals surface area contributed by atoms with Crippen LogP contribution in [-0.2, 0) is 4.79 Å². The maximum absolute atomic E-state index is 10.7. The molecule has 5 heteroatoms. The summed E-state index contributed by atoms with van der Waals surface area (Å²) < 4.78 is 5.18. The van der Waals surface area contributed by atoms with Crippen LogP contribution in [-0.4, -0.2) is 36.8 Å². The number of carboxylic acids is 1. The fourth-order valence-corrected chi connectivity index (χ4v) is 1.84. The highest BCUT2D eigenvalue weighted by atomic mass is 16.5. The van der Waals surface area contributed by atoms with Crippen molar-refractivity contribution in [2.45, 2.75) is 0 Å². The van der Waals surface area contributed by atoms with E-state index in [9.17, 15) is 4.79 Å². The number of anilines is 1. The summed E-state index contributed by atoms with van der Waals surface area (Å²) in [5.74, 6) is 0.466. The van der Waals surface area contributed by atoms with E-state index in [-0.39, 0.29) is 6.54 Å². The monoisotopic (exact) mass is 246 g/mol. The van der Waals surface area contributed by atoms with E-state index in [2.05, 4.69) is 4.98 Å². The van der Waals surface area contributed by atoms with Crippen LogP contribution in [0, 0.1) is 0 Å². The fraction of sp³-hybridized carbons (Fsp3) is 0.231. The van der Waals surface area contributed by atoms with Crippen molar-refractivity contribution in [3.8, 4) is 5.75 Å². The number of aliphatic carboxylic acids is 1. The number of carbonyl (C=O) groups is 1. The predicted octanol–water partition coefficient (Wildman–Crippen LogP) is 1.76. The summed E-state index contributed by atoms with van der Waals surface area (Å²) in [5.41, 5.74) is 0. The Labute approximate surface area is 105 Å². The second-order valence-electron chi connectivity index (χ2n) is 3.97. The third-order valence-corrected chi connectivity index (χ3v) is 2.69. The first-order valence-electron chi connectivity index (χ1n) is 5.47. The lowest BCUT2D eigenvalue weighted by Gasteiger charge is -2.17. The second kappa shape index (κ2) is 4.91. The van der Waals surface area contributed by atoms with Crippen molar-refractivity contribution >= 4 is 22.6 Å². The second-order valence-corrected chi connectivity index (χ2v) is 3.97. The van der Waals surface area contributed by atoms with Gasteiger partial charge in [-0.1, -0.05) is 6.07 Å². The quantitative estimate of drug-likeness (QED) is 0.890. The Kier molecular flexibility index (Phi) is 3.32. The number of methoxy groups -OCH3 is 1. The predicted molar refractivity (Wildman–Crippen MR) is 69.2 cm³/mol. The minimum Gasteiger partial charge on any atom is -0.497 e. The van der Waals surface area contributed by atoms with E-state index in [4.69, 9.17) is 9.84 Å². The molecule has 0 radical (unpaired) electrons. The van der Waals surface area contributed by atoms with Crippen LogP contribution in [0.1, 0.15) is 0 Å². The molecule has 0 fully saturated rings. The molecule has 0 unspecified atom stereocenters. The number of hydrogen-bond donors (Lipinski definition) is 1. The van der Waals surface area contributed by atoms with Crippen LogP contribution < -0.4 is 9.64 Å². The van der Waals surface area contributed by atoms with Gasteiger partial charge in [0.1, 0.15) is 18.1 Å². The van der Waals surface area contributed by atoms with Gasteiger partial charge >= 0.3 is 5.97 Å². The van der Waals surface area contributed by atoms with E-state index in [0.29, 0.717) is 5.82 Å². The first-order chi connectivity index (χ1) is 8.61. The Morgan fingerprint density at radius 2 is 2.22 bits per heavy atom. The number of hydrogen-bond acceptors (Lipinski definition) is 4. The molecule has 0 amide bonds. The van der Waals surface area contributed by atoms with Crippen molar-refractivity contribution in [2.75, 3.05) is 25.6 Å². The number of fused-ring (bicyclic) bond motifs is 1. The van der Waals surface area contributed by atoms with Crippen molar-refractivity contribution in [3.05, 3.63) is 30.5 Å². The van der Waals surface area contributed by atoms with E-state index in [1.54, 1.807) is 25.3 Å². The van der Waals surface area contributed by atoms with Crippen LogP contribution in [0.15, 0.2) is 30.5 Å². The smallest absolute Gasteiger partial charge is 0.323 e. The number of likely N-dealkylation sites (N-methyl/N-ethyl adjacent to an activating group) is 1. The van der Waals surface area contributed by atoms with Gasteiger partial charge < -0.3 is 14.7 Å². The Morgan fingerprint density at radius 3 is 2.89 bits per heavy atom. The Balaban J connectivity index is 2.52. The Bertz CT molecular complexity index is 583. The zero-order chi connectivity index (χ0) is 13.1. The zero-order valence-electron chi connectivity index (χ0n) is 10.3. The topological polar surface area (TPSA) is 62.7 Å². The summed E-state index contributed by atoms with van der Waals surface area (Å²) in [7, 11) is 3.30. The maximum Gasteiger partial charge on any atom is 0.323 e. The van der Waals surface area contributed by atoms with Crippen LogP contribution >= 0.6 is 0 Å². The lowest BCUT2D eigenvalue weighted by molar-refractivity contribution is -0.135. The fourth-order valence-electron chi connectivity index (χ4n) is 1.84. The van der Waals surface area contributed by atoms with Gasteiger partial charge in [0.15, 0.2) is 0 Å². The van der Waals surface area contributed by atoms with Crippen molar-refractivity contribution in [1.29, 1.82) is 0 Å². The molecular formula is C13H14N2O3. The lowest BCUT2D eigenvalue weighted by atomic mass is 10.1. The minimum atomic E-state index is -0.890.